The maximum absolute atomic E-state index is 12.5. The molecule has 1 aliphatic carbocycles. The number of hydrogen-bond acceptors (Lipinski definition) is 7. The van der Waals surface area contributed by atoms with Gasteiger partial charge in [-0.05, 0) is 38.7 Å². The quantitative estimate of drug-likeness (QED) is 0.619. The predicted molar refractivity (Wildman–Crippen MR) is 109 cm³/mol. The Morgan fingerprint density at radius 3 is 2.63 bits per heavy atom. The summed E-state index contributed by atoms with van der Waals surface area (Å²) in [5, 5.41) is 19.4. The van der Waals surface area contributed by atoms with Gasteiger partial charge >= 0.3 is 5.69 Å². The number of aromatic nitrogens is 5. The van der Waals surface area contributed by atoms with Crippen molar-refractivity contribution >= 4 is 23.2 Å². The van der Waals surface area contributed by atoms with Crippen LogP contribution in [0.3, 0.4) is 0 Å². The van der Waals surface area contributed by atoms with Crippen molar-refractivity contribution in [2.24, 2.45) is 0 Å². The second-order valence-corrected chi connectivity index (χ2v) is 7.49. The summed E-state index contributed by atoms with van der Waals surface area (Å²) in [7, 11) is 0. The largest absolute Gasteiger partial charge is 0.469 e. The molecule has 1 unspecified atom stereocenters. The summed E-state index contributed by atoms with van der Waals surface area (Å²) in [6, 6.07) is 1.63. The molecule has 0 spiro atoms. The lowest BCUT2D eigenvalue weighted by Crippen LogP contribution is -2.53. The molecule has 0 saturated heterocycles. The highest BCUT2D eigenvalue weighted by Gasteiger charge is 2.39. The van der Waals surface area contributed by atoms with Gasteiger partial charge in [-0.25, -0.2) is 9.89 Å². The molecule has 2 N–H and O–H groups in total. The maximum Gasteiger partial charge on any atom is 0.345 e. The fourth-order valence-electron chi connectivity index (χ4n) is 3.41. The van der Waals surface area contributed by atoms with Crippen molar-refractivity contribution < 1.29 is 4.74 Å². The van der Waals surface area contributed by atoms with Gasteiger partial charge in [0.1, 0.15) is 17.7 Å². The number of halogens is 2. The summed E-state index contributed by atoms with van der Waals surface area (Å²) in [4.78, 5) is 38.4. The van der Waals surface area contributed by atoms with E-state index in [1.807, 2.05) is 0 Å². The number of rotatable bonds is 6. The molecule has 0 aliphatic heterocycles. The Hall–Kier alpha value is -2.90. The first kappa shape index (κ1) is 21.8. The SMILES string of the molecule is C[C@@](/C=C/Cl)(C(CCl)Oc1n[nH]c(=O)c2c1CCCC2)n1nc(C#N)c(=O)[nH]c1=O. The highest BCUT2D eigenvalue weighted by molar-refractivity contribution is 6.25. The van der Waals surface area contributed by atoms with Crippen LogP contribution >= 0.6 is 23.2 Å². The van der Waals surface area contributed by atoms with Crippen molar-refractivity contribution in [1.82, 2.24) is 25.0 Å². The Bertz CT molecular complexity index is 1190. The fraction of sp³-hybridized carbons (Fsp3) is 0.444. The van der Waals surface area contributed by atoms with Gasteiger partial charge in [-0.1, -0.05) is 11.6 Å². The van der Waals surface area contributed by atoms with Crippen molar-refractivity contribution in [3.05, 3.63) is 59.6 Å². The van der Waals surface area contributed by atoms with Crippen LogP contribution in [0.1, 0.15) is 36.6 Å². The molecule has 1 aliphatic rings. The van der Waals surface area contributed by atoms with Crippen molar-refractivity contribution in [3.63, 3.8) is 0 Å². The first-order valence-corrected chi connectivity index (χ1v) is 10.1. The normalized spacial score (nSPS) is 16.5. The monoisotopic (exact) mass is 452 g/mol. The van der Waals surface area contributed by atoms with Gasteiger partial charge in [-0.2, -0.15) is 15.0 Å². The van der Waals surface area contributed by atoms with Crippen LogP contribution in [-0.4, -0.2) is 36.9 Å². The summed E-state index contributed by atoms with van der Waals surface area (Å²) in [5.41, 5.74) is -1.48. The summed E-state index contributed by atoms with van der Waals surface area (Å²) in [5.74, 6) is 0.0738. The average Bonchev–Trinajstić information content (AvgIpc) is 2.73. The van der Waals surface area contributed by atoms with Crippen LogP contribution in [0.4, 0.5) is 0 Å². The van der Waals surface area contributed by atoms with E-state index in [0.29, 0.717) is 24.0 Å². The maximum atomic E-state index is 12.5. The number of aromatic amines is 2. The van der Waals surface area contributed by atoms with Crippen LogP contribution in [0.15, 0.2) is 26.0 Å². The number of alkyl halides is 1. The van der Waals surface area contributed by atoms with Crippen molar-refractivity contribution in [1.29, 1.82) is 5.26 Å². The first-order chi connectivity index (χ1) is 14.3. The molecule has 2 heterocycles. The molecular weight excluding hydrogens is 435 g/mol. The number of nitrogens with one attached hydrogen (secondary N) is 2. The third-order valence-corrected chi connectivity index (χ3v) is 5.50. The number of H-pyrrole nitrogens is 2. The smallest absolute Gasteiger partial charge is 0.345 e. The van der Waals surface area contributed by atoms with Gasteiger partial charge in [-0.15, -0.1) is 16.7 Å². The van der Waals surface area contributed by atoms with Crippen LogP contribution in [0.25, 0.3) is 0 Å². The molecule has 2 aromatic heterocycles. The molecule has 0 amide bonds. The molecule has 3 rings (SSSR count). The number of ether oxygens (including phenoxy) is 1. The molecule has 30 heavy (non-hydrogen) atoms. The lowest BCUT2D eigenvalue weighted by atomic mass is 9.93. The summed E-state index contributed by atoms with van der Waals surface area (Å²) in [6.45, 7) is 1.56. The minimum Gasteiger partial charge on any atom is -0.469 e. The molecule has 0 saturated carbocycles. The van der Waals surface area contributed by atoms with Gasteiger partial charge < -0.3 is 4.74 Å². The van der Waals surface area contributed by atoms with E-state index in [1.165, 1.54) is 6.08 Å². The van der Waals surface area contributed by atoms with Crippen LogP contribution in [-0.2, 0) is 18.4 Å². The second-order valence-electron chi connectivity index (χ2n) is 6.93. The Labute approximate surface area is 180 Å². The number of fused-ring (bicyclic) bond motifs is 1. The molecule has 12 heteroatoms. The van der Waals surface area contributed by atoms with Crippen molar-refractivity contribution in [2.45, 2.75) is 44.2 Å². The second kappa shape index (κ2) is 8.85. The summed E-state index contributed by atoms with van der Waals surface area (Å²) in [6.07, 6.45) is 3.47. The third-order valence-electron chi connectivity index (χ3n) is 5.10. The summed E-state index contributed by atoms with van der Waals surface area (Å²) >= 11 is 12.0. The Morgan fingerprint density at radius 1 is 1.30 bits per heavy atom. The molecule has 2 aromatic rings. The van der Waals surface area contributed by atoms with Crippen LogP contribution < -0.4 is 21.5 Å². The number of nitrogens with zero attached hydrogens (tertiary/aromatic N) is 4. The Morgan fingerprint density at radius 2 is 2.00 bits per heavy atom. The van der Waals surface area contributed by atoms with Gasteiger partial charge in [0.2, 0.25) is 11.6 Å². The Kier molecular flexibility index (Phi) is 6.43. The molecular formula is C18H18Cl2N6O4. The average molecular weight is 453 g/mol. The molecule has 0 bridgehead atoms. The van der Waals surface area contributed by atoms with E-state index < -0.39 is 28.6 Å². The van der Waals surface area contributed by atoms with E-state index in [2.05, 4.69) is 20.3 Å². The van der Waals surface area contributed by atoms with Gasteiger partial charge in [0, 0.05) is 16.7 Å². The van der Waals surface area contributed by atoms with Gasteiger partial charge in [-0.3, -0.25) is 14.6 Å². The first-order valence-electron chi connectivity index (χ1n) is 9.11. The standard InChI is InChI=1S/C18H18Cl2N6O4/c1-18(6-7-19,26-17(29)22-15(28)12(9-21)25-26)13(8-20)30-16-11-5-3-2-4-10(11)14(27)23-24-16/h6-7,13H,2-5,8H2,1H3,(H,23,27)(H,22,28,29)/b7-6+/t13?,18-/m1/s1. The van der Waals surface area contributed by atoms with E-state index in [1.54, 1.807) is 13.0 Å². The highest BCUT2D eigenvalue weighted by atomic mass is 35.5. The van der Waals surface area contributed by atoms with Crippen LogP contribution in [0.5, 0.6) is 5.88 Å². The lowest BCUT2D eigenvalue weighted by Gasteiger charge is -2.34. The van der Waals surface area contributed by atoms with Gasteiger partial charge in [0.25, 0.3) is 11.1 Å². The van der Waals surface area contributed by atoms with E-state index in [-0.39, 0.29) is 17.3 Å². The topological polar surface area (TPSA) is 147 Å². The van der Waals surface area contributed by atoms with Gasteiger partial charge in [0.15, 0.2) is 0 Å². The molecule has 10 nitrogen and oxygen atoms in total. The zero-order chi connectivity index (χ0) is 21.9. The van der Waals surface area contributed by atoms with Gasteiger partial charge in [0.05, 0.1) is 5.88 Å². The van der Waals surface area contributed by atoms with E-state index in [4.69, 9.17) is 33.2 Å². The summed E-state index contributed by atoms with van der Waals surface area (Å²) < 4.78 is 6.94. The van der Waals surface area contributed by atoms with E-state index in [9.17, 15) is 14.4 Å². The molecule has 2 atom stereocenters. The third kappa shape index (κ3) is 3.91. The van der Waals surface area contributed by atoms with E-state index >= 15 is 0 Å². The van der Waals surface area contributed by atoms with Crippen LogP contribution in [0.2, 0.25) is 0 Å². The molecule has 0 aromatic carbocycles. The lowest BCUT2D eigenvalue weighted by molar-refractivity contribution is 0.0968. The zero-order valence-corrected chi connectivity index (χ0v) is 17.5. The highest BCUT2D eigenvalue weighted by Crippen LogP contribution is 2.30. The van der Waals surface area contributed by atoms with Crippen LogP contribution in [0, 0.1) is 11.3 Å². The Balaban J connectivity index is 2.12. The minimum atomic E-state index is -1.39. The fourth-order valence-corrected chi connectivity index (χ4v) is 4.04. The van der Waals surface area contributed by atoms with E-state index in [0.717, 1.165) is 23.1 Å². The molecule has 158 valence electrons. The predicted octanol–water partition coefficient (Wildman–Crippen LogP) is 0.919. The minimum absolute atomic E-state index is 0.123. The number of nitriles is 1. The van der Waals surface area contributed by atoms with Crippen molar-refractivity contribution in [3.8, 4) is 11.9 Å². The molecule has 0 fully saturated rings. The zero-order valence-electron chi connectivity index (χ0n) is 15.9. The molecule has 0 radical (unpaired) electrons. The van der Waals surface area contributed by atoms with Crippen molar-refractivity contribution in [2.75, 3.05) is 5.88 Å². The number of hydrogen-bond donors (Lipinski definition) is 2.